The standard InChI is InChI=1S/C18H18N2O2S/c1-20-8-6-14-10-15(3-4-16(14)20)17(21)11-19-18(22)5-2-13-7-9-23-12-13/h2-10,12,17,21H,11H2,1H3,(H,19,22)/b5-2+. The maximum absolute atomic E-state index is 11.8. The van der Waals surface area contributed by atoms with Crippen molar-refractivity contribution in [3.8, 4) is 0 Å². The molecular formula is C18H18N2O2S. The number of aliphatic hydroxyl groups excluding tert-OH is 1. The van der Waals surface area contributed by atoms with Gasteiger partial charge >= 0.3 is 0 Å². The lowest BCUT2D eigenvalue weighted by atomic mass is 10.1. The van der Waals surface area contributed by atoms with Crippen molar-refractivity contribution in [2.24, 2.45) is 7.05 Å². The Kier molecular flexibility index (Phi) is 4.60. The number of amides is 1. The molecule has 3 rings (SSSR count). The van der Waals surface area contributed by atoms with Gasteiger partial charge < -0.3 is 15.0 Å². The summed E-state index contributed by atoms with van der Waals surface area (Å²) in [5.74, 6) is -0.212. The van der Waals surface area contributed by atoms with Crippen LogP contribution in [0.3, 0.4) is 0 Å². The van der Waals surface area contributed by atoms with E-state index < -0.39 is 6.10 Å². The second-order valence-corrected chi connectivity index (χ2v) is 6.18. The topological polar surface area (TPSA) is 54.3 Å². The Morgan fingerprint density at radius 2 is 2.26 bits per heavy atom. The van der Waals surface area contributed by atoms with Crippen molar-refractivity contribution in [3.05, 3.63) is 64.5 Å². The van der Waals surface area contributed by atoms with E-state index in [9.17, 15) is 9.90 Å². The van der Waals surface area contributed by atoms with E-state index in [1.165, 1.54) is 6.08 Å². The third-order valence-electron chi connectivity index (χ3n) is 3.73. The minimum atomic E-state index is -0.724. The van der Waals surface area contributed by atoms with E-state index in [4.69, 9.17) is 0 Å². The molecule has 0 aliphatic carbocycles. The normalized spacial score (nSPS) is 12.8. The first-order valence-electron chi connectivity index (χ1n) is 7.34. The molecule has 0 bridgehead atoms. The highest BCUT2D eigenvalue weighted by Gasteiger charge is 2.10. The first kappa shape index (κ1) is 15.5. The van der Waals surface area contributed by atoms with Gasteiger partial charge in [-0.3, -0.25) is 4.79 Å². The van der Waals surface area contributed by atoms with Crippen LogP contribution in [0.25, 0.3) is 17.0 Å². The Hall–Kier alpha value is -2.37. The third kappa shape index (κ3) is 3.70. The number of carbonyl (C=O) groups is 1. The Labute approximate surface area is 138 Å². The molecular weight excluding hydrogens is 308 g/mol. The zero-order valence-electron chi connectivity index (χ0n) is 12.8. The molecule has 0 aliphatic heterocycles. The summed E-state index contributed by atoms with van der Waals surface area (Å²) in [6.07, 6.45) is 4.50. The molecule has 5 heteroatoms. The van der Waals surface area contributed by atoms with Crippen LogP contribution in [-0.2, 0) is 11.8 Å². The second-order valence-electron chi connectivity index (χ2n) is 5.40. The average molecular weight is 326 g/mol. The Morgan fingerprint density at radius 1 is 1.39 bits per heavy atom. The summed E-state index contributed by atoms with van der Waals surface area (Å²) < 4.78 is 2.03. The van der Waals surface area contributed by atoms with Gasteiger partial charge in [-0.15, -0.1) is 0 Å². The molecule has 0 radical (unpaired) electrons. The molecule has 2 aromatic heterocycles. The Bertz CT molecular complexity index is 834. The quantitative estimate of drug-likeness (QED) is 0.708. The first-order chi connectivity index (χ1) is 11.1. The summed E-state index contributed by atoms with van der Waals surface area (Å²) in [4.78, 5) is 11.8. The number of nitrogens with zero attached hydrogens (tertiary/aromatic N) is 1. The maximum atomic E-state index is 11.8. The van der Waals surface area contributed by atoms with Crippen molar-refractivity contribution in [1.82, 2.24) is 9.88 Å². The van der Waals surface area contributed by atoms with E-state index in [-0.39, 0.29) is 12.5 Å². The van der Waals surface area contributed by atoms with Crippen LogP contribution in [-0.4, -0.2) is 22.1 Å². The molecule has 0 spiro atoms. The zero-order chi connectivity index (χ0) is 16.2. The summed E-state index contributed by atoms with van der Waals surface area (Å²) in [5, 5.41) is 18.0. The molecule has 4 nitrogen and oxygen atoms in total. The summed E-state index contributed by atoms with van der Waals surface area (Å²) in [6.45, 7) is 0.186. The minimum absolute atomic E-state index is 0.186. The number of fused-ring (bicyclic) bond motifs is 1. The fourth-order valence-corrected chi connectivity index (χ4v) is 3.05. The monoisotopic (exact) mass is 326 g/mol. The van der Waals surface area contributed by atoms with E-state index in [2.05, 4.69) is 5.32 Å². The largest absolute Gasteiger partial charge is 0.387 e. The SMILES string of the molecule is Cn1ccc2cc(C(O)CNC(=O)/C=C/c3ccsc3)ccc21. The number of hydrogen-bond acceptors (Lipinski definition) is 3. The lowest BCUT2D eigenvalue weighted by molar-refractivity contribution is -0.116. The Balaban J connectivity index is 1.59. The van der Waals surface area contributed by atoms with Gasteiger partial charge in [0.05, 0.1) is 6.10 Å². The number of benzene rings is 1. The fraction of sp³-hybridized carbons (Fsp3) is 0.167. The van der Waals surface area contributed by atoms with Crippen LogP contribution in [0.15, 0.2) is 53.4 Å². The number of thiophene rings is 1. The van der Waals surface area contributed by atoms with Crippen molar-refractivity contribution in [1.29, 1.82) is 0 Å². The highest BCUT2D eigenvalue weighted by molar-refractivity contribution is 7.08. The number of aromatic nitrogens is 1. The zero-order valence-corrected chi connectivity index (χ0v) is 13.6. The fourth-order valence-electron chi connectivity index (χ4n) is 2.42. The highest BCUT2D eigenvalue weighted by atomic mass is 32.1. The number of carbonyl (C=O) groups excluding carboxylic acids is 1. The molecule has 1 unspecified atom stereocenters. The van der Waals surface area contributed by atoms with Crippen LogP contribution in [0.1, 0.15) is 17.2 Å². The highest BCUT2D eigenvalue weighted by Crippen LogP contribution is 2.20. The van der Waals surface area contributed by atoms with Gasteiger partial charge in [0.1, 0.15) is 0 Å². The molecule has 0 saturated carbocycles. The minimum Gasteiger partial charge on any atom is -0.387 e. The summed E-state index contributed by atoms with van der Waals surface area (Å²) in [5.41, 5.74) is 2.91. The average Bonchev–Trinajstić information content (AvgIpc) is 3.20. The van der Waals surface area contributed by atoms with Crippen LogP contribution < -0.4 is 5.32 Å². The van der Waals surface area contributed by atoms with Gasteiger partial charge in [-0.25, -0.2) is 0 Å². The van der Waals surface area contributed by atoms with Crippen molar-refractivity contribution < 1.29 is 9.90 Å². The van der Waals surface area contributed by atoms with Gasteiger partial charge in [-0.05, 0) is 57.6 Å². The predicted molar refractivity (Wildman–Crippen MR) is 94.2 cm³/mol. The lowest BCUT2D eigenvalue weighted by Crippen LogP contribution is -2.26. The number of hydrogen-bond donors (Lipinski definition) is 2. The van der Waals surface area contributed by atoms with Crippen molar-refractivity contribution in [2.45, 2.75) is 6.10 Å². The van der Waals surface area contributed by atoms with E-state index in [0.717, 1.165) is 22.0 Å². The van der Waals surface area contributed by atoms with Crippen LogP contribution in [0.5, 0.6) is 0 Å². The van der Waals surface area contributed by atoms with Gasteiger partial charge in [0.2, 0.25) is 5.91 Å². The number of rotatable bonds is 5. The van der Waals surface area contributed by atoms with Gasteiger partial charge in [0.25, 0.3) is 0 Å². The van der Waals surface area contributed by atoms with Crippen molar-refractivity contribution >= 4 is 34.2 Å². The van der Waals surface area contributed by atoms with Crippen molar-refractivity contribution in [3.63, 3.8) is 0 Å². The molecule has 0 fully saturated rings. The van der Waals surface area contributed by atoms with E-state index >= 15 is 0 Å². The van der Waals surface area contributed by atoms with Crippen LogP contribution in [0.4, 0.5) is 0 Å². The second kappa shape index (κ2) is 6.81. The molecule has 1 amide bonds. The van der Waals surface area contributed by atoms with E-state index in [0.29, 0.717) is 0 Å². The smallest absolute Gasteiger partial charge is 0.244 e. The van der Waals surface area contributed by atoms with Gasteiger partial charge in [0, 0.05) is 31.4 Å². The van der Waals surface area contributed by atoms with Crippen LogP contribution in [0, 0.1) is 0 Å². The molecule has 2 heterocycles. The maximum Gasteiger partial charge on any atom is 0.244 e. The number of nitrogens with one attached hydrogen (secondary N) is 1. The van der Waals surface area contributed by atoms with E-state index in [1.54, 1.807) is 17.4 Å². The summed E-state index contributed by atoms with van der Waals surface area (Å²) in [7, 11) is 1.98. The van der Waals surface area contributed by atoms with Crippen molar-refractivity contribution in [2.75, 3.05) is 6.54 Å². The number of aryl methyl sites for hydroxylation is 1. The first-order valence-corrected chi connectivity index (χ1v) is 8.29. The molecule has 0 saturated heterocycles. The molecule has 1 atom stereocenters. The molecule has 3 aromatic rings. The predicted octanol–water partition coefficient (Wildman–Crippen LogP) is 3.10. The van der Waals surface area contributed by atoms with Gasteiger partial charge in [0.15, 0.2) is 0 Å². The molecule has 118 valence electrons. The number of aliphatic hydroxyl groups is 1. The Morgan fingerprint density at radius 3 is 3.04 bits per heavy atom. The molecule has 0 aliphatic rings. The van der Waals surface area contributed by atoms with Gasteiger partial charge in [-0.2, -0.15) is 11.3 Å². The molecule has 1 aromatic carbocycles. The summed E-state index contributed by atoms with van der Waals surface area (Å²) in [6, 6.07) is 9.77. The third-order valence-corrected chi connectivity index (χ3v) is 4.44. The van der Waals surface area contributed by atoms with Crippen LogP contribution >= 0.6 is 11.3 Å². The molecule has 2 N–H and O–H groups in total. The summed E-state index contributed by atoms with van der Waals surface area (Å²) >= 11 is 1.58. The van der Waals surface area contributed by atoms with Gasteiger partial charge in [-0.1, -0.05) is 6.07 Å². The lowest BCUT2D eigenvalue weighted by Gasteiger charge is -2.12. The van der Waals surface area contributed by atoms with Crippen LogP contribution in [0.2, 0.25) is 0 Å². The van der Waals surface area contributed by atoms with E-state index in [1.807, 2.05) is 58.9 Å². The molecule has 23 heavy (non-hydrogen) atoms.